The molecule has 5 nitrogen and oxygen atoms in total. The van der Waals surface area contributed by atoms with Gasteiger partial charge in [-0.05, 0) is 75.2 Å². The number of nitrogens with zero attached hydrogens (tertiary/aromatic N) is 3. The summed E-state index contributed by atoms with van der Waals surface area (Å²) in [6.07, 6.45) is 5.98. The number of nitrogens with two attached hydrogens (primary N) is 1. The van der Waals surface area contributed by atoms with E-state index < -0.39 is 9.39 Å². The Morgan fingerprint density at radius 2 is 1.56 bits per heavy atom. The maximum absolute atomic E-state index is 6.10. The number of hydrogen-bond acceptors (Lipinski definition) is 4. The molecule has 3 rings (SSSR count). The second-order valence-electron chi connectivity index (χ2n) is 8.77. The van der Waals surface area contributed by atoms with E-state index in [0.29, 0.717) is 6.54 Å². The van der Waals surface area contributed by atoms with Crippen molar-refractivity contribution in [3.05, 3.63) is 90.7 Å². The average molecular weight is 576 g/mol. The Balaban J connectivity index is 0.00000250. The number of benzene rings is 2. The number of rotatable bonds is 9. The van der Waals surface area contributed by atoms with Crippen molar-refractivity contribution >= 4 is 55.1 Å². The molecule has 0 aliphatic heterocycles. The lowest BCUT2D eigenvalue weighted by Gasteiger charge is -2.13. The van der Waals surface area contributed by atoms with Crippen molar-refractivity contribution in [1.82, 2.24) is 9.55 Å². The fourth-order valence-electron chi connectivity index (χ4n) is 3.51. The second kappa shape index (κ2) is 18.7. The molecule has 0 saturated carbocycles. The molecular formula is C35H53N5S. The SMILES string of the molecule is C=C(N=C(C)Cn1c(Nc2ccc(S(=C)(=C)N)cc2)nc2cc(C(=C)C)ccc21)/C(C)=C\C=C/C.CC.CC.CC. The van der Waals surface area contributed by atoms with Gasteiger partial charge in [-0.25, -0.2) is 4.98 Å². The third-order valence-corrected chi connectivity index (χ3v) is 6.74. The van der Waals surface area contributed by atoms with E-state index in [2.05, 4.69) is 53.0 Å². The minimum absolute atomic E-state index is 0.563. The molecule has 0 aliphatic rings. The van der Waals surface area contributed by atoms with Crippen molar-refractivity contribution < 1.29 is 0 Å². The molecule has 0 radical (unpaired) electrons. The molecule has 0 bridgehead atoms. The van der Waals surface area contributed by atoms with Crippen molar-refractivity contribution in [3.63, 3.8) is 0 Å². The molecule has 0 spiro atoms. The minimum Gasteiger partial charge on any atom is -0.326 e. The maximum Gasteiger partial charge on any atom is 0.208 e. The smallest absolute Gasteiger partial charge is 0.208 e. The first-order chi connectivity index (χ1) is 19.5. The first-order valence-corrected chi connectivity index (χ1v) is 16.4. The molecule has 0 amide bonds. The van der Waals surface area contributed by atoms with Crippen LogP contribution in [0.4, 0.5) is 11.6 Å². The average Bonchev–Trinajstić information content (AvgIpc) is 3.30. The van der Waals surface area contributed by atoms with Gasteiger partial charge in [0, 0.05) is 16.3 Å². The minimum atomic E-state index is -1.76. The zero-order chi connectivity index (χ0) is 31.8. The summed E-state index contributed by atoms with van der Waals surface area (Å²) in [4.78, 5) is 10.6. The van der Waals surface area contributed by atoms with E-state index in [4.69, 9.17) is 15.1 Å². The molecule has 3 N–H and O–H groups in total. The van der Waals surface area contributed by atoms with Gasteiger partial charge in [-0.15, -0.1) is 9.39 Å². The van der Waals surface area contributed by atoms with E-state index in [0.717, 1.165) is 55.7 Å². The normalized spacial score (nSPS) is 11.5. The van der Waals surface area contributed by atoms with E-state index in [-0.39, 0.29) is 0 Å². The zero-order valence-corrected chi connectivity index (χ0v) is 28.0. The molecule has 0 aliphatic carbocycles. The Bertz CT molecular complexity index is 1460. The quantitative estimate of drug-likeness (QED) is 0.151. The van der Waals surface area contributed by atoms with Crippen molar-refractivity contribution in [2.45, 2.75) is 80.7 Å². The van der Waals surface area contributed by atoms with Gasteiger partial charge in [0.1, 0.15) is 0 Å². The highest BCUT2D eigenvalue weighted by Gasteiger charge is 2.13. The van der Waals surface area contributed by atoms with Crippen molar-refractivity contribution in [3.8, 4) is 0 Å². The summed E-state index contributed by atoms with van der Waals surface area (Å²) in [5.74, 6) is 8.69. The van der Waals surface area contributed by atoms with Crippen LogP contribution in [0, 0.1) is 0 Å². The number of allylic oxidation sites excluding steroid dienone is 5. The van der Waals surface area contributed by atoms with E-state index in [1.54, 1.807) is 0 Å². The van der Waals surface area contributed by atoms with Gasteiger partial charge in [-0.1, -0.05) is 96.3 Å². The van der Waals surface area contributed by atoms with Gasteiger partial charge in [-0.2, -0.15) is 0 Å². The largest absolute Gasteiger partial charge is 0.326 e. The van der Waals surface area contributed by atoms with Gasteiger partial charge in [-0.3, -0.25) is 10.1 Å². The number of anilines is 2. The lowest BCUT2D eigenvalue weighted by Crippen LogP contribution is -2.10. The summed E-state index contributed by atoms with van der Waals surface area (Å²) in [7, 11) is -1.76. The van der Waals surface area contributed by atoms with E-state index >= 15 is 0 Å². The van der Waals surface area contributed by atoms with Gasteiger partial charge < -0.3 is 9.88 Å². The van der Waals surface area contributed by atoms with Crippen LogP contribution < -0.4 is 10.5 Å². The highest BCUT2D eigenvalue weighted by Crippen LogP contribution is 2.29. The van der Waals surface area contributed by atoms with Crippen LogP contribution in [-0.4, -0.2) is 27.0 Å². The number of hydrogen-bond donors (Lipinski definition) is 2. The molecule has 41 heavy (non-hydrogen) atoms. The summed E-state index contributed by atoms with van der Waals surface area (Å²) >= 11 is 0. The topological polar surface area (TPSA) is 68.2 Å². The molecule has 0 unspecified atom stereocenters. The predicted octanol–water partition coefficient (Wildman–Crippen LogP) is 10.3. The van der Waals surface area contributed by atoms with Gasteiger partial charge in [0.15, 0.2) is 0 Å². The number of aliphatic imine (C=N–C) groups is 1. The number of aromatic nitrogens is 2. The van der Waals surface area contributed by atoms with Crippen LogP contribution in [0.1, 0.15) is 74.8 Å². The van der Waals surface area contributed by atoms with Gasteiger partial charge in [0.2, 0.25) is 5.95 Å². The van der Waals surface area contributed by atoms with E-state index in [9.17, 15) is 0 Å². The van der Waals surface area contributed by atoms with Crippen molar-refractivity contribution in [1.29, 1.82) is 0 Å². The van der Waals surface area contributed by atoms with Crippen LogP contribution in [0.2, 0.25) is 0 Å². The Morgan fingerprint density at radius 1 is 0.976 bits per heavy atom. The second-order valence-corrected chi connectivity index (χ2v) is 11.1. The van der Waals surface area contributed by atoms with Crippen LogP contribution in [-0.2, 0) is 6.54 Å². The molecule has 0 fully saturated rings. The van der Waals surface area contributed by atoms with Crippen LogP contribution >= 0.6 is 9.39 Å². The summed E-state index contributed by atoms with van der Waals surface area (Å²) < 4.78 is 2.13. The Morgan fingerprint density at radius 3 is 2.07 bits per heavy atom. The maximum atomic E-state index is 6.10. The lowest BCUT2D eigenvalue weighted by atomic mass is 10.1. The molecule has 2 aromatic carbocycles. The molecular weight excluding hydrogens is 522 g/mol. The summed E-state index contributed by atoms with van der Waals surface area (Å²) in [5.41, 5.74) is 7.56. The van der Waals surface area contributed by atoms with Crippen molar-refractivity contribution in [2.75, 3.05) is 5.32 Å². The van der Waals surface area contributed by atoms with Gasteiger partial charge in [0.25, 0.3) is 0 Å². The number of nitrogens with one attached hydrogen (secondary N) is 1. The Labute approximate surface area is 250 Å². The van der Waals surface area contributed by atoms with Crippen LogP contribution in [0.5, 0.6) is 0 Å². The first-order valence-electron chi connectivity index (χ1n) is 14.3. The summed E-state index contributed by atoms with van der Waals surface area (Å²) in [6, 6.07) is 14.1. The number of fused-ring (bicyclic) bond motifs is 1. The number of imidazole rings is 1. The summed E-state index contributed by atoms with van der Waals surface area (Å²) in [6.45, 7) is 28.8. The molecule has 6 heteroatoms. The molecule has 224 valence electrons. The zero-order valence-electron chi connectivity index (χ0n) is 27.1. The monoisotopic (exact) mass is 575 g/mol. The van der Waals surface area contributed by atoms with Gasteiger partial charge >= 0.3 is 0 Å². The third-order valence-electron chi connectivity index (χ3n) is 5.53. The van der Waals surface area contributed by atoms with Crippen LogP contribution in [0.3, 0.4) is 0 Å². The van der Waals surface area contributed by atoms with Crippen molar-refractivity contribution in [2.24, 2.45) is 10.1 Å². The fraction of sp³-hybridized carbons (Fsp3) is 0.314. The standard InChI is InChI=1S/C29H35N5S.3C2H6/c1-9-10-11-21(4)23(6)31-22(5)19-34-28-17-12-24(20(2)3)18-27(28)33-29(34)32-25-13-15-26(16-14-25)35(7,8)30;3*1-2/h9-18H,2,6-8,19,30H2,1,3-5H3,(H,32,33);3*1-2H3/b10-9-,21-11-,31-22?;;;. The van der Waals surface area contributed by atoms with E-state index in [1.807, 2.05) is 112 Å². The third kappa shape index (κ3) is 11.4. The predicted molar refractivity (Wildman–Crippen MR) is 193 cm³/mol. The van der Waals surface area contributed by atoms with Crippen LogP contribution in [0.25, 0.3) is 16.6 Å². The molecule has 3 aromatic rings. The molecule has 0 saturated heterocycles. The molecule has 1 heterocycles. The highest BCUT2D eigenvalue weighted by molar-refractivity contribution is 8.26. The first kappa shape index (κ1) is 37.4. The molecule has 1 aromatic heterocycles. The summed E-state index contributed by atoms with van der Waals surface area (Å²) in [5, 5.41) is 9.56. The van der Waals surface area contributed by atoms with Gasteiger partial charge in [0.05, 0.1) is 23.3 Å². The van der Waals surface area contributed by atoms with Crippen LogP contribution in [0.15, 0.2) is 95.0 Å². The Kier molecular flexibility index (Phi) is 17.0. The Hall–Kier alpha value is -3.61. The molecule has 0 atom stereocenters. The highest BCUT2D eigenvalue weighted by atomic mass is 32.2. The lowest BCUT2D eigenvalue weighted by molar-refractivity contribution is 0.886. The fourth-order valence-corrected chi connectivity index (χ4v) is 4.19. The van der Waals surface area contributed by atoms with E-state index in [1.165, 1.54) is 0 Å².